The molecule has 1 atom stereocenters. The second kappa shape index (κ2) is 3.19. The van der Waals surface area contributed by atoms with E-state index < -0.39 is 9.84 Å². The molecule has 0 aliphatic carbocycles. The molecule has 2 saturated heterocycles. The van der Waals surface area contributed by atoms with Gasteiger partial charge in [0.2, 0.25) is 5.91 Å². The lowest BCUT2D eigenvalue weighted by Crippen LogP contribution is -2.39. The van der Waals surface area contributed by atoms with E-state index in [0.717, 1.165) is 4.90 Å². The summed E-state index contributed by atoms with van der Waals surface area (Å²) in [4.78, 5) is 25.2. The Morgan fingerprint density at radius 2 is 2.00 bits per heavy atom. The average molecular weight is 232 g/mol. The standard InChI is InChI=1S/C8H12N2O4S/c1-9-7(11)4-10(8(9)12)6-2-3-15(13,14)5-6/h6H,2-5H2,1H3. The second-order valence-electron chi connectivity index (χ2n) is 3.92. The fourth-order valence-electron chi connectivity index (χ4n) is 1.93. The molecule has 6 nitrogen and oxygen atoms in total. The lowest BCUT2D eigenvalue weighted by Gasteiger charge is -2.20. The van der Waals surface area contributed by atoms with Gasteiger partial charge in [-0.05, 0) is 6.42 Å². The van der Waals surface area contributed by atoms with Crippen LogP contribution >= 0.6 is 0 Å². The van der Waals surface area contributed by atoms with Crippen LogP contribution in [0, 0.1) is 0 Å². The Bertz CT molecular complexity index is 416. The zero-order valence-electron chi connectivity index (χ0n) is 8.34. The summed E-state index contributed by atoms with van der Waals surface area (Å²) < 4.78 is 22.5. The summed E-state index contributed by atoms with van der Waals surface area (Å²) in [5.41, 5.74) is 0. The zero-order valence-corrected chi connectivity index (χ0v) is 9.16. The van der Waals surface area contributed by atoms with E-state index >= 15 is 0 Å². The van der Waals surface area contributed by atoms with Crippen molar-refractivity contribution in [2.45, 2.75) is 12.5 Å². The number of hydrogen-bond acceptors (Lipinski definition) is 4. The van der Waals surface area contributed by atoms with Gasteiger partial charge < -0.3 is 4.90 Å². The van der Waals surface area contributed by atoms with Gasteiger partial charge in [-0.2, -0.15) is 0 Å². The summed E-state index contributed by atoms with van der Waals surface area (Å²) in [5.74, 6) is -0.177. The summed E-state index contributed by atoms with van der Waals surface area (Å²) in [6.45, 7) is 0.00944. The highest BCUT2D eigenvalue weighted by Gasteiger charge is 2.41. The van der Waals surface area contributed by atoms with Crippen LogP contribution < -0.4 is 0 Å². The molecule has 2 fully saturated rings. The van der Waals surface area contributed by atoms with Crippen LogP contribution in [0.5, 0.6) is 0 Å². The summed E-state index contributed by atoms with van der Waals surface area (Å²) >= 11 is 0. The highest BCUT2D eigenvalue weighted by Crippen LogP contribution is 2.21. The van der Waals surface area contributed by atoms with Crippen LogP contribution in [-0.4, -0.2) is 61.3 Å². The van der Waals surface area contributed by atoms with Gasteiger partial charge in [0, 0.05) is 13.1 Å². The van der Waals surface area contributed by atoms with E-state index in [4.69, 9.17) is 0 Å². The molecule has 0 aromatic rings. The number of likely N-dealkylation sites (N-methyl/N-ethyl adjacent to an activating group) is 1. The zero-order chi connectivity index (χ0) is 11.2. The molecule has 0 aromatic heterocycles. The number of sulfone groups is 1. The lowest BCUT2D eigenvalue weighted by molar-refractivity contribution is -0.124. The van der Waals surface area contributed by atoms with Crippen LogP contribution in [-0.2, 0) is 14.6 Å². The summed E-state index contributed by atoms with van der Waals surface area (Å²) in [7, 11) is -1.60. The molecule has 2 aliphatic rings. The van der Waals surface area contributed by atoms with Gasteiger partial charge in [0.25, 0.3) is 0 Å². The van der Waals surface area contributed by atoms with Gasteiger partial charge in [0.1, 0.15) is 6.54 Å². The molecule has 1 unspecified atom stereocenters. The van der Waals surface area contributed by atoms with Crippen LogP contribution in [0.4, 0.5) is 4.79 Å². The smallest absolute Gasteiger partial charge is 0.311 e. The number of amides is 3. The van der Waals surface area contributed by atoms with Crippen LogP contribution in [0.1, 0.15) is 6.42 Å². The topological polar surface area (TPSA) is 74.8 Å². The molecule has 7 heteroatoms. The van der Waals surface area contributed by atoms with Crippen molar-refractivity contribution in [3.8, 4) is 0 Å². The molecule has 0 N–H and O–H groups in total. The highest BCUT2D eigenvalue weighted by molar-refractivity contribution is 7.91. The van der Waals surface area contributed by atoms with Crippen LogP contribution in [0.3, 0.4) is 0 Å². The number of rotatable bonds is 1. The van der Waals surface area contributed by atoms with Gasteiger partial charge in [-0.25, -0.2) is 13.2 Å². The van der Waals surface area contributed by atoms with Gasteiger partial charge in [-0.3, -0.25) is 9.69 Å². The van der Waals surface area contributed by atoms with Gasteiger partial charge in [-0.1, -0.05) is 0 Å². The summed E-state index contributed by atoms with van der Waals surface area (Å²) in [6, 6.07) is -0.710. The molecular weight excluding hydrogens is 220 g/mol. The number of carbonyl (C=O) groups is 2. The number of imide groups is 1. The van der Waals surface area contributed by atoms with E-state index in [1.807, 2.05) is 0 Å². The Kier molecular flexibility index (Phi) is 2.22. The molecule has 15 heavy (non-hydrogen) atoms. The van der Waals surface area contributed by atoms with Crippen molar-refractivity contribution in [2.24, 2.45) is 0 Å². The third-order valence-corrected chi connectivity index (χ3v) is 4.61. The van der Waals surface area contributed by atoms with Gasteiger partial charge >= 0.3 is 6.03 Å². The van der Waals surface area contributed by atoms with Gasteiger partial charge in [0.05, 0.1) is 11.5 Å². The second-order valence-corrected chi connectivity index (χ2v) is 6.15. The number of nitrogens with zero attached hydrogens (tertiary/aromatic N) is 2. The van der Waals surface area contributed by atoms with E-state index in [0.29, 0.717) is 6.42 Å². The largest absolute Gasteiger partial charge is 0.327 e. The third-order valence-electron chi connectivity index (χ3n) is 2.86. The van der Waals surface area contributed by atoms with Gasteiger partial charge in [-0.15, -0.1) is 0 Å². The van der Waals surface area contributed by atoms with E-state index in [-0.39, 0.29) is 36.0 Å². The maximum Gasteiger partial charge on any atom is 0.327 e. The Morgan fingerprint density at radius 1 is 1.33 bits per heavy atom. The molecule has 0 bridgehead atoms. The van der Waals surface area contributed by atoms with Crippen molar-refractivity contribution in [1.82, 2.24) is 9.80 Å². The van der Waals surface area contributed by atoms with Crippen molar-refractivity contribution in [3.63, 3.8) is 0 Å². The lowest BCUT2D eigenvalue weighted by atomic mass is 10.2. The average Bonchev–Trinajstić information content (AvgIpc) is 2.62. The first kappa shape index (κ1) is 10.4. The number of urea groups is 1. The molecule has 0 aromatic carbocycles. The first-order chi connectivity index (χ1) is 6.91. The maximum absolute atomic E-state index is 11.5. The summed E-state index contributed by atoms with van der Waals surface area (Å²) in [5, 5.41) is 0. The quantitative estimate of drug-likeness (QED) is 0.547. The van der Waals surface area contributed by atoms with Crippen molar-refractivity contribution in [3.05, 3.63) is 0 Å². The molecule has 2 heterocycles. The molecule has 0 saturated carbocycles. The first-order valence-corrected chi connectivity index (χ1v) is 6.50. The van der Waals surface area contributed by atoms with Crippen LogP contribution in [0.2, 0.25) is 0 Å². The Labute approximate surface area is 87.8 Å². The molecule has 0 spiro atoms. The molecular formula is C8H12N2O4S. The monoisotopic (exact) mass is 232 g/mol. The predicted octanol–water partition coefficient (Wildman–Crippen LogP) is -0.932. The van der Waals surface area contributed by atoms with E-state index in [1.165, 1.54) is 11.9 Å². The molecule has 0 radical (unpaired) electrons. The molecule has 84 valence electrons. The molecule has 2 rings (SSSR count). The van der Waals surface area contributed by atoms with E-state index in [9.17, 15) is 18.0 Å². The van der Waals surface area contributed by atoms with Crippen molar-refractivity contribution in [1.29, 1.82) is 0 Å². The van der Waals surface area contributed by atoms with Crippen molar-refractivity contribution in [2.75, 3.05) is 25.1 Å². The first-order valence-electron chi connectivity index (χ1n) is 4.68. The maximum atomic E-state index is 11.5. The minimum atomic E-state index is -3.01. The van der Waals surface area contributed by atoms with Gasteiger partial charge in [0.15, 0.2) is 9.84 Å². The number of hydrogen-bond donors (Lipinski definition) is 0. The minimum Gasteiger partial charge on any atom is -0.311 e. The molecule has 2 aliphatic heterocycles. The summed E-state index contributed by atoms with van der Waals surface area (Å²) in [6.07, 6.45) is 0.440. The van der Waals surface area contributed by atoms with Crippen LogP contribution in [0.15, 0.2) is 0 Å². The number of carbonyl (C=O) groups excluding carboxylic acids is 2. The Balaban J connectivity index is 2.14. The Morgan fingerprint density at radius 3 is 2.40 bits per heavy atom. The molecule has 3 amide bonds. The third kappa shape index (κ3) is 1.71. The SMILES string of the molecule is CN1C(=O)CN(C2CCS(=O)(=O)C2)C1=O. The van der Waals surface area contributed by atoms with E-state index in [1.54, 1.807) is 0 Å². The normalized spacial score (nSPS) is 30.3. The predicted molar refractivity (Wildman–Crippen MR) is 51.9 cm³/mol. The van der Waals surface area contributed by atoms with Crippen molar-refractivity contribution < 1.29 is 18.0 Å². The van der Waals surface area contributed by atoms with Crippen molar-refractivity contribution >= 4 is 21.8 Å². The van der Waals surface area contributed by atoms with E-state index in [2.05, 4.69) is 0 Å². The minimum absolute atomic E-state index is 0.00944. The Hall–Kier alpha value is -1.11. The fraction of sp³-hybridized carbons (Fsp3) is 0.750. The van der Waals surface area contributed by atoms with Crippen LogP contribution in [0.25, 0.3) is 0 Å². The fourth-order valence-corrected chi connectivity index (χ4v) is 3.66. The highest BCUT2D eigenvalue weighted by atomic mass is 32.2.